The van der Waals surface area contributed by atoms with Crippen LogP contribution in [0, 0.1) is 12.8 Å². The quantitative estimate of drug-likeness (QED) is 0.232. The molecule has 0 bridgehead atoms. The van der Waals surface area contributed by atoms with Crippen molar-refractivity contribution in [3.8, 4) is 22.8 Å². The summed E-state index contributed by atoms with van der Waals surface area (Å²) < 4.78 is 15.3. The molecule has 1 fully saturated rings. The molecule has 0 unspecified atom stereocenters. The van der Waals surface area contributed by atoms with Gasteiger partial charge in [-0.05, 0) is 68.9 Å². The van der Waals surface area contributed by atoms with Gasteiger partial charge in [-0.15, -0.1) is 0 Å². The molecule has 1 aliphatic carbocycles. The van der Waals surface area contributed by atoms with E-state index >= 15 is 0 Å². The van der Waals surface area contributed by atoms with Crippen LogP contribution in [0.2, 0.25) is 0 Å². The lowest BCUT2D eigenvalue weighted by Crippen LogP contribution is -2.29. The van der Waals surface area contributed by atoms with Gasteiger partial charge in [0.05, 0.1) is 42.3 Å². The molecule has 0 saturated heterocycles. The fourth-order valence-corrected chi connectivity index (χ4v) is 6.48. The Bertz CT molecular complexity index is 1870. The lowest BCUT2D eigenvalue weighted by molar-refractivity contribution is -0.119. The van der Waals surface area contributed by atoms with Crippen LogP contribution in [0.1, 0.15) is 60.5 Å². The Morgan fingerprint density at radius 3 is 2.52 bits per heavy atom. The first-order valence-corrected chi connectivity index (χ1v) is 15.0. The largest absolute Gasteiger partial charge is 0.496 e. The normalized spacial score (nSPS) is 16.7. The molecule has 228 valence electrons. The van der Waals surface area contributed by atoms with Gasteiger partial charge in [0.25, 0.3) is 5.91 Å². The standard InChI is InChI=1S/C34H38N6O4/c1-20-32-31(38-33(40(32)16-15-35-20)23-11-9-22(10-12-23)19-36-21(2)41)24-13-14-26(30(17-24)44-5)37-34(42)28-18-25-27(39(28)3)7-6-8-29(25)43-4/h6-8,13-18,22-23H,9-12,19H2,1-5H3,(H,36,41)(H,37,42)/t22-,23-. The molecule has 0 spiro atoms. The van der Waals surface area contributed by atoms with Crippen molar-refractivity contribution in [1.29, 1.82) is 0 Å². The van der Waals surface area contributed by atoms with E-state index in [1.165, 1.54) is 0 Å². The average molecular weight is 595 g/mol. The maximum absolute atomic E-state index is 13.4. The van der Waals surface area contributed by atoms with Gasteiger partial charge in [0.2, 0.25) is 5.91 Å². The third-order valence-electron chi connectivity index (χ3n) is 8.84. The summed E-state index contributed by atoms with van der Waals surface area (Å²) in [6.07, 6.45) is 7.93. The van der Waals surface area contributed by atoms with E-state index < -0.39 is 0 Å². The van der Waals surface area contributed by atoms with Crippen LogP contribution in [-0.4, -0.2) is 51.5 Å². The van der Waals surface area contributed by atoms with E-state index in [9.17, 15) is 9.59 Å². The predicted octanol–water partition coefficient (Wildman–Crippen LogP) is 5.88. The topological polar surface area (TPSA) is 112 Å². The number of aryl methyl sites for hydroxylation is 2. The molecule has 3 heterocycles. The van der Waals surface area contributed by atoms with Gasteiger partial charge in [0.1, 0.15) is 23.0 Å². The van der Waals surface area contributed by atoms with Gasteiger partial charge in [-0.2, -0.15) is 0 Å². The summed E-state index contributed by atoms with van der Waals surface area (Å²) in [5.41, 5.74) is 5.55. The van der Waals surface area contributed by atoms with E-state index in [0.29, 0.717) is 34.7 Å². The summed E-state index contributed by atoms with van der Waals surface area (Å²) in [7, 11) is 5.09. The molecular weight excluding hydrogens is 556 g/mol. The first-order chi connectivity index (χ1) is 21.3. The van der Waals surface area contributed by atoms with Crippen LogP contribution in [0.25, 0.3) is 27.7 Å². The zero-order valence-electron chi connectivity index (χ0n) is 25.8. The Kier molecular flexibility index (Phi) is 7.99. The molecule has 3 aromatic heterocycles. The number of hydrogen-bond donors (Lipinski definition) is 2. The van der Waals surface area contributed by atoms with Crippen LogP contribution >= 0.6 is 0 Å². The molecule has 2 amide bonds. The summed E-state index contributed by atoms with van der Waals surface area (Å²) in [6, 6.07) is 13.3. The van der Waals surface area contributed by atoms with E-state index in [-0.39, 0.29) is 11.8 Å². The number of fused-ring (bicyclic) bond motifs is 2. The van der Waals surface area contributed by atoms with Crippen molar-refractivity contribution in [2.45, 2.75) is 45.4 Å². The number of nitrogens with one attached hydrogen (secondary N) is 2. The highest BCUT2D eigenvalue weighted by atomic mass is 16.5. The number of carbonyl (C=O) groups excluding carboxylic acids is 2. The minimum Gasteiger partial charge on any atom is -0.496 e. The number of carbonyl (C=O) groups is 2. The number of nitrogens with zero attached hydrogens (tertiary/aromatic N) is 4. The molecule has 1 saturated carbocycles. The van der Waals surface area contributed by atoms with Crippen LogP contribution < -0.4 is 20.1 Å². The number of rotatable bonds is 8. The number of aromatic nitrogens is 4. The number of ether oxygens (including phenoxy) is 2. The molecule has 1 aliphatic rings. The fraction of sp³-hybridized carbons (Fsp3) is 0.353. The molecule has 0 aliphatic heterocycles. The molecule has 44 heavy (non-hydrogen) atoms. The van der Waals surface area contributed by atoms with Crippen molar-refractivity contribution in [3.05, 3.63) is 72.1 Å². The van der Waals surface area contributed by atoms with E-state index in [1.807, 2.05) is 73.4 Å². The highest BCUT2D eigenvalue weighted by molar-refractivity contribution is 6.08. The van der Waals surface area contributed by atoms with Gasteiger partial charge in [-0.1, -0.05) is 12.1 Å². The Labute approximate surface area is 256 Å². The summed E-state index contributed by atoms with van der Waals surface area (Å²) in [5, 5.41) is 6.88. The molecular formula is C34H38N6O4. The van der Waals surface area contributed by atoms with Crippen molar-refractivity contribution < 1.29 is 19.1 Å². The maximum atomic E-state index is 13.4. The molecule has 5 aromatic rings. The van der Waals surface area contributed by atoms with Gasteiger partial charge in [0.15, 0.2) is 0 Å². The molecule has 0 radical (unpaired) electrons. The second-order valence-electron chi connectivity index (χ2n) is 11.6. The van der Waals surface area contributed by atoms with Gasteiger partial charge < -0.3 is 24.7 Å². The van der Waals surface area contributed by atoms with Crippen molar-refractivity contribution in [3.63, 3.8) is 0 Å². The molecule has 10 nitrogen and oxygen atoms in total. The van der Waals surface area contributed by atoms with E-state index in [2.05, 4.69) is 20.0 Å². The SMILES string of the molecule is COc1cc(-c2nc([C@H]3CC[C@H](CNC(C)=O)CC3)n3ccnc(C)c23)ccc1NC(=O)c1cc2c(OC)cccc2n1C. The van der Waals surface area contributed by atoms with Gasteiger partial charge >= 0.3 is 0 Å². The second kappa shape index (κ2) is 12.0. The zero-order chi connectivity index (χ0) is 31.0. The van der Waals surface area contributed by atoms with Crippen LogP contribution in [0.4, 0.5) is 5.69 Å². The summed E-state index contributed by atoms with van der Waals surface area (Å²) in [5.74, 6) is 2.86. The molecule has 0 atom stereocenters. The summed E-state index contributed by atoms with van der Waals surface area (Å²) >= 11 is 0. The Morgan fingerprint density at radius 1 is 1.02 bits per heavy atom. The van der Waals surface area contributed by atoms with Crippen molar-refractivity contribution in [2.75, 3.05) is 26.1 Å². The fourth-order valence-electron chi connectivity index (χ4n) is 6.48. The summed E-state index contributed by atoms with van der Waals surface area (Å²) in [4.78, 5) is 34.6. The minimum absolute atomic E-state index is 0.0224. The van der Waals surface area contributed by atoms with Gasteiger partial charge in [0, 0.05) is 49.8 Å². The lowest BCUT2D eigenvalue weighted by atomic mass is 9.81. The first kappa shape index (κ1) is 29.2. The Hall–Kier alpha value is -4.86. The second-order valence-corrected chi connectivity index (χ2v) is 11.6. The molecule has 10 heteroatoms. The van der Waals surface area contributed by atoms with Crippen LogP contribution in [0.3, 0.4) is 0 Å². The predicted molar refractivity (Wildman–Crippen MR) is 171 cm³/mol. The maximum Gasteiger partial charge on any atom is 0.272 e. The zero-order valence-corrected chi connectivity index (χ0v) is 25.8. The first-order valence-electron chi connectivity index (χ1n) is 15.0. The van der Waals surface area contributed by atoms with Gasteiger partial charge in [-0.3, -0.25) is 19.0 Å². The Morgan fingerprint density at radius 2 is 1.80 bits per heavy atom. The Balaban J connectivity index is 1.29. The smallest absolute Gasteiger partial charge is 0.272 e. The van der Waals surface area contributed by atoms with Crippen molar-refractivity contribution in [2.24, 2.45) is 13.0 Å². The van der Waals surface area contributed by atoms with E-state index in [1.54, 1.807) is 21.1 Å². The van der Waals surface area contributed by atoms with E-state index in [0.717, 1.165) is 71.4 Å². The van der Waals surface area contributed by atoms with E-state index in [4.69, 9.17) is 14.5 Å². The lowest BCUT2D eigenvalue weighted by Gasteiger charge is -2.27. The van der Waals surface area contributed by atoms with Crippen molar-refractivity contribution >= 4 is 33.9 Å². The molecule has 2 aromatic carbocycles. The van der Waals surface area contributed by atoms with Crippen LogP contribution in [0.5, 0.6) is 11.5 Å². The number of benzene rings is 2. The van der Waals surface area contributed by atoms with Gasteiger partial charge in [-0.25, -0.2) is 4.98 Å². The number of hydrogen-bond acceptors (Lipinski definition) is 6. The number of anilines is 1. The molecule has 6 rings (SSSR count). The third kappa shape index (κ3) is 5.36. The highest BCUT2D eigenvalue weighted by Crippen LogP contribution is 2.39. The minimum atomic E-state index is -0.249. The number of imidazole rings is 1. The van der Waals surface area contributed by atoms with Crippen molar-refractivity contribution in [1.82, 2.24) is 24.3 Å². The van der Waals surface area contributed by atoms with Crippen LogP contribution in [-0.2, 0) is 11.8 Å². The average Bonchev–Trinajstić information content (AvgIpc) is 3.59. The molecule has 2 N–H and O–H groups in total. The monoisotopic (exact) mass is 594 g/mol. The summed E-state index contributed by atoms with van der Waals surface area (Å²) in [6.45, 7) is 4.30. The number of amides is 2. The van der Waals surface area contributed by atoms with Crippen LogP contribution in [0.15, 0.2) is 54.9 Å². The number of methoxy groups -OCH3 is 2. The third-order valence-corrected chi connectivity index (χ3v) is 8.84. The highest BCUT2D eigenvalue weighted by Gasteiger charge is 2.28.